The van der Waals surface area contributed by atoms with Gasteiger partial charge in [0.1, 0.15) is 54.4 Å². The van der Waals surface area contributed by atoms with Crippen molar-refractivity contribution in [3.05, 3.63) is 103 Å². The second-order valence-electron chi connectivity index (χ2n) is 31.8. The molecule has 9 atom stereocenters. The Morgan fingerprint density at radius 3 is 1.11 bits per heavy atom. The Labute approximate surface area is 748 Å². The van der Waals surface area contributed by atoms with E-state index in [-0.39, 0.29) is 121 Å². The molecule has 0 bridgehead atoms. The predicted molar refractivity (Wildman–Crippen MR) is 454 cm³/mol. The molecule has 0 radical (unpaired) electrons. The molecule has 2 aliphatic rings. The van der Waals surface area contributed by atoms with Gasteiger partial charge in [0.25, 0.3) is 0 Å². The molecular weight excluding hydrogens is 1730 g/mol. The molecule has 1 aliphatic heterocycles. The van der Waals surface area contributed by atoms with Gasteiger partial charge in [0.15, 0.2) is 0 Å². The molecule has 49 nitrogen and oxygen atoms in total. The van der Waals surface area contributed by atoms with Crippen molar-refractivity contribution in [2.45, 2.75) is 176 Å². The number of nitrogens with zero attached hydrogens (tertiary/aromatic N) is 7. The van der Waals surface area contributed by atoms with Crippen LogP contribution in [0.4, 0.5) is 4.79 Å². The Morgan fingerprint density at radius 2 is 0.710 bits per heavy atom. The van der Waals surface area contributed by atoms with Crippen LogP contribution in [0.5, 0.6) is 0 Å². The van der Waals surface area contributed by atoms with Crippen molar-refractivity contribution < 1.29 is 137 Å². The average molecular weight is 1840 g/mol. The number of benzene rings is 2. The number of aromatic amines is 3. The Morgan fingerprint density at radius 1 is 0.351 bits per heavy atom. The zero-order valence-corrected chi connectivity index (χ0v) is 71.6. The number of aromatic nitrogens is 6. The summed E-state index contributed by atoms with van der Waals surface area (Å²) in [4.78, 5) is 276. The van der Waals surface area contributed by atoms with Gasteiger partial charge in [-0.3, -0.25) is 96.3 Å². The van der Waals surface area contributed by atoms with E-state index in [1.165, 1.54) is 57.2 Å². The molecule has 11 amide bonds. The van der Waals surface area contributed by atoms with Gasteiger partial charge < -0.3 is 119 Å². The molecule has 2 fully saturated rings. The van der Waals surface area contributed by atoms with E-state index in [0.717, 1.165) is 10.8 Å². The molecule has 5 aromatic rings. The first-order chi connectivity index (χ1) is 62.4. The van der Waals surface area contributed by atoms with E-state index in [9.17, 15) is 132 Å². The Hall–Kier alpha value is -14.1. The number of nitrogens with one attached hydrogen (secondary N) is 14. The van der Waals surface area contributed by atoms with Gasteiger partial charge in [0.2, 0.25) is 53.2 Å². The summed E-state index contributed by atoms with van der Waals surface area (Å²) in [7, 11) is 0. The number of carbonyl (C=O) groups excluding carboxylic acids is 10. The average Bonchev–Trinajstić information content (AvgIpc) is 1.67. The Bertz CT molecular complexity index is 4690. The van der Waals surface area contributed by atoms with Crippen molar-refractivity contribution in [3.63, 3.8) is 0 Å². The van der Waals surface area contributed by atoms with Gasteiger partial charge in [-0.25, -0.2) is 29.3 Å². The quantitative estimate of drug-likeness (QED) is 0.0165. The van der Waals surface area contributed by atoms with Gasteiger partial charge >= 0.3 is 59.8 Å². The number of hydrogen-bond acceptors (Lipinski definition) is 26. The summed E-state index contributed by atoms with van der Waals surface area (Å²) in [5.74, 6) is -21.5. The number of hydrogen-bond donors (Lipinski definition) is 23. The third-order valence-corrected chi connectivity index (χ3v) is 21.8. The van der Waals surface area contributed by atoms with Crippen LogP contribution in [0.2, 0.25) is 0 Å². The van der Waals surface area contributed by atoms with Gasteiger partial charge in [-0.15, -0.1) is 0 Å². The number of imidazole rings is 3. The SMILES string of the molecule is O=C(O)CC[C@H](NC(=O)N[C@@H](CCCCNC(=O)C(Cc1ccc2ccccc2c1)NC(=O)[C@H]1CC[C@H](CNC(=O)[C@H](Cc2c[nH]cn2)NC(=O)[C@H](CCC(=O)O)NC(=O)[C@H](Cc2c[nH]cn2)NC(=O)[C@H](CCC(=O)O)NC(=O)[C@H](Cc2c[nH]cn2)NC(=O)[C@H](CCC(=O)O)NC(=O)CN2CCN(CC(=O)O)CCN(CC(=O)O)CCN(CC(=O)O)CC2)CC1)C(=O)O)C(=O)O. The first-order valence-corrected chi connectivity index (χ1v) is 42.4. The molecule has 1 saturated heterocycles. The number of urea groups is 1. The minimum Gasteiger partial charge on any atom is -0.481 e. The minimum atomic E-state index is -1.89. The van der Waals surface area contributed by atoms with Crippen LogP contribution < -0.4 is 58.5 Å². The standard InChI is InChI=1S/C82H113N21O28/c104-64(40-100-23-25-101(41-69(113)114)27-29-103(43-71(117)118)30-28-102(26-24-100)42-70(115)116)91-55(14-18-65(105)106)75(122)96-62(34-53-38-84-45-89-53)78(125)93-57(16-20-67(109)110)77(124)97-63(35-54-39-85-46-90-54)79(126)92-56(15-19-66(107)108)76(123)95-61(33-52-37-83-44-88-52)74(121)87-36-47-8-12-50(13-9-47)72(119)94-60(32-48-10-11-49-5-1-2-6-51(49)31-48)73(120)86-22-4-3-7-58(80(127)128)98-82(131)99-59(81(129)130)17-21-68(111)112/h1-2,5-6,10-11,31,37-39,44-47,50,55-63H,3-4,7-9,12-30,32-36,40-43H2,(H,83,88)(H,84,89)(H,85,90)(H,86,120)(H,87,121)(H,91,104)(H,92,126)(H,93,125)(H,94,119)(H,95,123)(H,96,122)(H,97,124)(H,105,106)(H,107,108)(H,109,110)(H,111,112)(H,113,114)(H,115,116)(H,117,118)(H,127,128)(H,129,130)(H2,98,99,131)/t47-,50-,55-,56-,57-,58-,59-,60?,61-,62-,63-/m0/s1. The molecule has 714 valence electrons. The van der Waals surface area contributed by atoms with E-state index in [1.54, 1.807) is 0 Å². The Balaban J connectivity index is 1.01. The lowest BCUT2D eigenvalue weighted by molar-refractivity contribution is -0.141. The highest BCUT2D eigenvalue weighted by Crippen LogP contribution is 2.29. The summed E-state index contributed by atoms with van der Waals surface area (Å²) in [6.45, 7) is -1.75. The molecule has 23 N–H and O–H groups in total. The number of fused-ring (bicyclic) bond motifs is 1. The van der Waals surface area contributed by atoms with Gasteiger partial charge in [-0.1, -0.05) is 42.5 Å². The lowest BCUT2D eigenvalue weighted by atomic mass is 9.81. The number of carboxylic acid groups (broad SMARTS) is 9. The molecule has 1 aliphatic carbocycles. The van der Waals surface area contributed by atoms with Crippen molar-refractivity contribution in [3.8, 4) is 0 Å². The Kier molecular flexibility index (Phi) is 42.6. The molecule has 3 aromatic heterocycles. The second kappa shape index (κ2) is 53.6. The van der Waals surface area contributed by atoms with Gasteiger partial charge in [-0.05, 0) is 92.9 Å². The summed E-state index contributed by atoms with van der Waals surface area (Å²) >= 11 is 0. The molecule has 49 heteroatoms. The van der Waals surface area contributed by atoms with Crippen molar-refractivity contribution in [2.75, 3.05) is 91.6 Å². The van der Waals surface area contributed by atoms with E-state index in [2.05, 4.69) is 88.4 Å². The van der Waals surface area contributed by atoms with E-state index < -0.39 is 264 Å². The second-order valence-corrected chi connectivity index (χ2v) is 31.8. The topological polar surface area (TPSA) is 738 Å². The largest absolute Gasteiger partial charge is 0.481 e. The lowest BCUT2D eigenvalue weighted by Crippen LogP contribution is -2.60. The fraction of sp³-hybridized carbons (Fsp3) is 0.537. The van der Waals surface area contributed by atoms with Crippen LogP contribution in [0.15, 0.2) is 80.0 Å². The van der Waals surface area contributed by atoms with Crippen LogP contribution in [0.1, 0.15) is 119 Å². The van der Waals surface area contributed by atoms with E-state index in [0.29, 0.717) is 31.2 Å². The van der Waals surface area contributed by atoms with Crippen LogP contribution in [-0.4, -0.2) is 354 Å². The predicted octanol–water partition coefficient (Wildman–Crippen LogP) is -3.98. The normalized spacial score (nSPS) is 16.8. The molecule has 131 heavy (non-hydrogen) atoms. The number of H-pyrrole nitrogens is 3. The molecule has 4 heterocycles. The minimum absolute atomic E-state index is 0.00675. The number of unbranched alkanes of at least 4 members (excludes halogenated alkanes) is 1. The number of carbonyl (C=O) groups is 19. The molecular formula is C82H113N21O28. The number of aliphatic carboxylic acids is 9. The van der Waals surface area contributed by atoms with E-state index in [1.807, 2.05) is 42.5 Å². The summed E-state index contributed by atoms with van der Waals surface area (Å²) in [5, 5.41) is 116. The van der Waals surface area contributed by atoms with Crippen LogP contribution in [0.25, 0.3) is 10.8 Å². The molecule has 2 aromatic carbocycles. The zero-order valence-electron chi connectivity index (χ0n) is 71.6. The maximum Gasteiger partial charge on any atom is 0.326 e. The monoisotopic (exact) mass is 1840 g/mol. The number of carboxylic acids is 9. The summed E-state index contributed by atoms with van der Waals surface area (Å²) in [6.07, 6.45) is 2.96. The lowest BCUT2D eigenvalue weighted by Gasteiger charge is -2.33. The van der Waals surface area contributed by atoms with Gasteiger partial charge in [0, 0.05) is 141 Å². The van der Waals surface area contributed by atoms with E-state index >= 15 is 0 Å². The fourth-order valence-electron chi connectivity index (χ4n) is 14.7. The first kappa shape index (κ1) is 104. The number of rotatable bonds is 54. The highest BCUT2D eigenvalue weighted by Gasteiger charge is 2.38. The summed E-state index contributed by atoms with van der Waals surface area (Å²) in [6, 6.07) is -2.74. The third kappa shape index (κ3) is 38.4. The molecule has 1 unspecified atom stereocenters. The first-order valence-electron chi connectivity index (χ1n) is 42.4. The van der Waals surface area contributed by atoms with Crippen molar-refractivity contribution in [2.24, 2.45) is 11.8 Å². The fourth-order valence-corrected chi connectivity index (χ4v) is 14.7. The van der Waals surface area contributed by atoms with Crippen LogP contribution in [0.3, 0.4) is 0 Å². The van der Waals surface area contributed by atoms with Gasteiger partial charge in [-0.2, -0.15) is 0 Å². The maximum absolute atomic E-state index is 14.8. The third-order valence-electron chi connectivity index (χ3n) is 21.8. The van der Waals surface area contributed by atoms with E-state index in [4.69, 9.17) is 5.11 Å². The summed E-state index contributed by atoms with van der Waals surface area (Å²) in [5.41, 5.74) is 1.20. The number of amides is 11. The highest BCUT2D eigenvalue weighted by atomic mass is 16.4. The highest BCUT2D eigenvalue weighted by molar-refractivity contribution is 5.98. The van der Waals surface area contributed by atoms with Crippen molar-refractivity contribution >= 4 is 124 Å². The van der Waals surface area contributed by atoms with Crippen molar-refractivity contribution in [1.82, 2.24) is 108 Å². The van der Waals surface area contributed by atoms with Crippen LogP contribution >= 0.6 is 0 Å². The van der Waals surface area contributed by atoms with Crippen LogP contribution in [-0.2, 0) is 112 Å². The maximum atomic E-state index is 14.8. The molecule has 0 spiro atoms. The zero-order chi connectivity index (χ0) is 95.6. The molecule has 7 rings (SSSR count). The van der Waals surface area contributed by atoms with Crippen LogP contribution in [0, 0.1) is 11.8 Å². The van der Waals surface area contributed by atoms with Gasteiger partial charge in [0.05, 0.1) is 62.2 Å². The van der Waals surface area contributed by atoms with Crippen molar-refractivity contribution in [1.29, 1.82) is 0 Å². The molecule has 1 saturated carbocycles. The summed E-state index contributed by atoms with van der Waals surface area (Å²) < 4.78 is 0. The smallest absolute Gasteiger partial charge is 0.326 e.